The summed E-state index contributed by atoms with van der Waals surface area (Å²) in [5, 5.41) is 0. The number of ether oxygens (including phenoxy) is 2. The van der Waals surface area contributed by atoms with Crippen LogP contribution < -0.4 is 15.2 Å². The number of rotatable bonds is 0. The van der Waals surface area contributed by atoms with Crippen molar-refractivity contribution >= 4 is 15.9 Å². The van der Waals surface area contributed by atoms with Crippen molar-refractivity contribution in [3.63, 3.8) is 0 Å². The van der Waals surface area contributed by atoms with Crippen molar-refractivity contribution in [2.24, 2.45) is 5.73 Å². The van der Waals surface area contributed by atoms with Gasteiger partial charge in [-0.15, -0.1) is 0 Å². The second-order valence-electron chi connectivity index (χ2n) is 4.63. The summed E-state index contributed by atoms with van der Waals surface area (Å²) in [6.07, 6.45) is 4.47. The van der Waals surface area contributed by atoms with Gasteiger partial charge in [0.15, 0.2) is 11.5 Å². The molecule has 1 heterocycles. The summed E-state index contributed by atoms with van der Waals surface area (Å²) in [5.74, 6) is 1.71. The second kappa shape index (κ2) is 4.50. The van der Waals surface area contributed by atoms with Crippen LogP contribution in [0.25, 0.3) is 0 Å². The first-order valence-electron chi connectivity index (χ1n) is 6.14. The highest BCUT2D eigenvalue weighted by Crippen LogP contribution is 2.45. The molecule has 0 radical (unpaired) electrons. The van der Waals surface area contributed by atoms with Gasteiger partial charge >= 0.3 is 0 Å². The average Bonchev–Trinajstić information content (AvgIpc) is 2.52. The Morgan fingerprint density at radius 2 is 2.06 bits per heavy atom. The van der Waals surface area contributed by atoms with Gasteiger partial charge in [0.1, 0.15) is 13.2 Å². The van der Waals surface area contributed by atoms with Crippen LogP contribution in [0.2, 0.25) is 0 Å². The van der Waals surface area contributed by atoms with Crippen molar-refractivity contribution in [3.8, 4) is 11.5 Å². The molecule has 2 aliphatic rings. The van der Waals surface area contributed by atoms with Gasteiger partial charge in [-0.2, -0.15) is 0 Å². The molecule has 0 saturated carbocycles. The SMILES string of the molecule is N[C@H]1CCCCc2c(Br)cc3c(c21)OCCO3. The van der Waals surface area contributed by atoms with E-state index in [2.05, 4.69) is 15.9 Å². The Balaban J connectivity index is 2.19. The number of benzene rings is 1. The molecule has 4 heteroatoms. The van der Waals surface area contributed by atoms with Gasteiger partial charge < -0.3 is 15.2 Å². The maximum Gasteiger partial charge on any atom is 0.166 e. The Morgan fingerprint density at radius 3 is 2.94 bits per heavy atom. The molecule has 3 nitrogen and oxygen atoms in total. The molecule has 0 fully saturated rings. The topological polar surface area (TPSA) is 44.5 Å². The molecule has 0 unspecified atom stereocenters. The maximum absolute atomic E-state index is 6.28. The molecule has 1 aromatic carbocycles. The molecule has 0 aromatic heterocycles. The van der Waals surface area contributed by atoms with E-state index in [4.69, 9.17) is 15.2 Å². The maximum atomic E-state index is 6.28. The summed E-state index contributed by atoms with van der Waals surface area (Å²) in [5.41, 5.74) is 8.75. The van der Waals surface area contributed by atoms with E-state index in [1.165, 1.54) is 18.4 Å². The summed E-state index contributed by atoms with van der Waals surface area (Å²) < 4.78 is 12.5. The van der Waals surface area contributed by atoms with Gasteiger partial charge in [-0.25, -0.2) is 0 Å². The van der Waals surface area contributed by atoms with Crippen LogP contribution in [-0.2, 0) is 6.42 Å². The lowest BCUT2D eigenvalue weighted by molar-refractivity contribution is 0.168. The first-order chi connectivity index (χ1) is 8.27. The van der Waals surface area contributed by atoms with Gasteiger partial charge in [0.05, 0.1) is 0 Å². The molecule has 1 aromatic rings. The van der Waals surface area contributed by atoms with Crippen LogP contribution in [0.5, 0.6) is 11.5 Å². The number of fused-ring (bicyclic) bond motifs is 3. The fourth-order valence-corrected chi connectivity index (χ4v) is 3.29. The Hall–Kier alpha value is -0.740. The normalized spacial score (nSPS) is 22.8. The van der Waals surface area contributed by atoms with E-state index < -0.39 is 0 Å². The summed E-state index contributed by atoms with van der Waals surface area (Å²) in [6, 6.07) is 2.09. The monoisotopic (exact) mass is 297 g/mol. The van der Waals surface area contributed by atoms with Gasteiger partial charge in [0, 0.05) is 16.1 Å². The fourth-order valence-electron chi connectivity index (χ4n) is 2.67. The first-order valence-corrected chi connectivity index (χ1v) is 6.93. The lowest BCUT2D eigenvalue weighted by Gasteiger charge is -2.25. The van der Waals surface area contributed by atoms with E-state index in [-0.39, 0.29) is 6.04 Å². The summed E-state index contributed by atoms with van der Waals surface area (Å²) in [4.78, 5) is 0. The largest absolute Gasteiger partial charge is 0.486 e. The van der Waals surface area contributed by atoms with E-state index in [1.54, 1.807) is 0 Å². The Kier molecular flexibility index (Phi) is 3.01. The summed E-state index contributed by atoms with van der Waals surface area (Å²) in [7, 11) is 0. The first kappa shape index (κ1) is 11.4. The predicted molar refractivity (Wildman–Crippen MR) is 69.6 cm³/mol. The molecule has 0 saturated heterocycles. The Morgan fingerprint density at radius 1 is 1.24 bits per heavy atom. The minimum atomic E-state index is 0.0699. The zero-order valence-electron chi connectivity index (χ0n) is 9.67. The van der Waals surface area contributed by atoms with E-state index in [9.17, 15) is 0 Å². The lowest BCUT2D eigenvalue weighted by Crippen LogP contribution is -2.20. The van der Waals surface area contributed by atoms with Gasteiger partial charge in [0.2, 0.25) is 0 Å². The lowest BCUT2D eigenvalue weighted by atomic mass is 9.97. The van der Waals surface area contributed by atoms with Crippen LogP contribution in [0.4, 0.5) is 0 Å². The third-order valence-corrected chi connectivity index (χ3v) is 4.20. The van der Waals surface area contributed by atoms with Gasteiger partial charge in [0.25, 0.3) is 0 Å². The van der Waals surface area contributed by atoms with E-state index >= 15 is 0 Å². The van der Waals surface area contributed by atoms with Crippen molar-refractivity contribution in [3.05, 3.63) is 21.7 Å². The number of hydrogen-bond donors (Lipinski definition) is 1. The molecule has 1 atom stereocenters. The van der Waals surface area contributed by atoms with E-state index in [0.29, 0.717) is 13.2 Å². The fraction of sp³-hybridized carbons (Fsp3) is 0.538. The standard InChI is InChI=1S/C13H16BrNO2/c14-9-7-11-13(17-6-5-16-11)12-8(9)3-1-2-4-10(12)15/h7,10H,1-6,15H2/t10-/m0/s1. The highest BCUT2D eigenvalue weighted by molar-refractivity contribution is 9.10. The molecule has 1 aliphatic heterocycles. The van der Waals surface area contributed by atoms with Gasteiger partial charge in [-0.05, 0) is 30.9 Å². The van der Waals surface area contributed by atoms with E-state index in [1.807, 2.05) is 6.07 Å². The van der Waals surface area contributed by atoms with Crippen molar-refractivity contribution in [1.82, 2.24) is 0 Å². The molecule has 0 amide bonds. The summed E-state index contributed by atoms with van der Waals surface area (Å²) in [6.45, 7) is 1.24. The summed E-state index contributed by atoms with van der Waals surface area (Å²) >= 11 is 3.63. The molecule has 0 spiro atoms. The van der Waals surface area contributed by atoms with Crippen LogP contribution in [0.1, 0.15) is 36.4 Å². The van der Waals surface area contributed by atoms with Crippen molar-refractivity contribution in [1.29, 1.82) is 0 Å². The van der Waals surface area contributed by atoms with Crippen LogP contribution in [0.3, 0.4) is 0 Å². The minimum Gasteiger partial charge on any atom is -0.486 e. The van der Waals surface area contributed by atoms with Crippen LogP contribution in [0.15, 0.2) is 10.5 Å². The minimum absolute atomic E-state index is 0.0699. The molecule has 17 heavy (non-hydrogen) atoms. The quantitative estimate of drug-likeness (QED) is 0.749. The third-order valence-electron chi connectivity index (χ3n) is 3.49. The smallest absolute Gasteiger partial charge is 0.166 e. The van der Waals surface area contributed by atoms with Crippen molar-refractivity contribution in [2.45, 2.75) is 31.7 Å². The molecule has 1 aliphatic carbocycles. The van der Waals surface area contributed by atoms with Gasteiger partial charge in [-0.3, -0.25) is 0 Å². The average molecular weight is 298 g/mol. The predicted octanol–water partition coefficient (Wildman–Crippen LogP) is 2.95. The Bertz CT molecular complexity index is 448. The number of nitrogens with two attached hydrogens (primary N) is 1. The third kappa shape index (κ3) is 1.93. The molecular weight excluding hydrogens is 282 g/mol. The second-order valence-corrected chi connectivity index (χ2v) is 5.48. The molecular formula is C13H16BrNO2. The molecule has 92 valence electrons. The molecule has 3 rings (SSSR count). The highest BCUT2D eigenvalue weighted by atomic mass is 79.9. The Labute approximate surface area is 109 Å². The van der Waals surface area contributed by atoms with Crippen molar-refractivity contribution < 1.29 is 9.47 Å². The number of halogens is 1. The molecule has 2 N–H and O–H groups in total. The van der Waals surface area contributed by atoms with Gasteiger partial charge in [-0.1, -0.05) is 22.4 Å². The number of hydrogen-bond acceptors (Lipinski definition) is 3. The van der Waals surface area contributed by atoms with Crippen molar-refractivity contribution in [2.75, 3.05) is 13.2 Å². The zero-order valence-corrected chi connectivity index (χ0v) is 11.3. The van der Waals surface area contributed by atoms with E-state index in [0.717, 1.165) is 34.4 Å². The molecule has 0 bridgehead atoms. The van der Waals surface area contributed by atoms with Crippen LogP contribution >= 0.6 is 15.9 Å². The highest BCUT2D eigenvalue weighted by Gasteiger charge is 2.27. The zero-order chi connectivity index (χ0) is 11.8. The van der Waals surface area contributed by atoms with Crippen LogP contribution in [-0.4, -0.2) is 13.2 Å². The van der Waals surface area contributed by atoms with Crippen LogP contribution in [0, 0.1) is 0 Å².